The minimum absolute atomic E-state index is 0.0145. The molecule has 0 aromatic carbocycles. The number of Topliss-reactive ketones (excluding diaryl/α,β-unsaturated/α-hetero) is 1. The zero-order valence-corrected chi connectivity index (χ0v) is 14.9. The molecule has 7 nitrogen and oxygen atoms in total. The maximum atomic E-state index is 12.7. The van der Waals surface area contributed by atoms with E-state index in [-0.39, 0.29) is 29.0 Å². The fourth-order valence-electron chi connectivity index (χ4n) is 3.21. The molecular formula is C19H22N4O3. The van der Waals surface area contributed by atoms with E-state index >= 15 is 0 Å². The summed E-state index contributed by atoms with van der Waals surface area (Å²) in [6.45, 7) is 2.82. The molecule has 26 heavy (non-hydrogen) atoms. The van der Waals surface area contributed by atoms with Crippen molar-refractivity contribution in [3.63, 3.8) is 0 Å². The molecule has 2 N–H and O–H groups in total. The van der Waals surface area contributed by atoms with Crippen LogP contribution >= 0.6 is 0 Å². The van der Waals surface area contributed by atoms with Gasteiger partial charge in [-0.15, -0.1) is 0 Å². The number of ketones is 1. The van der Waals surface area contributed by atoms with Crippen LogP contribution in [-0.2, 0) is 7.05 Å². The number of piperidine rings is 1. The van der Waals surface area contributed by atoms with Crippen LogP contribution in [0, 0.1) is 12.8 Å². The van der Waals surface area contributed by atoms with Gasteiger partial charge < -0.3 is 15.2 Å². The Labute approximate surface area is 151 Å². The molecule has 136 valence electrons. The van der Waals surface area contributed by atoms with Crippen molar-refractivity contribution in [3.8, 4) is 0 Å². The Morgan fingerprint density at radius 2 is 1.92 bits per heavy atom. The van der Waals surface area contributed by atoms with E-state index in [1.807, 2.05) is 6.92 Å². The van der Waals surface area contributed by atoms with Gasteiger partial charge in [0, 0.05) is 50.1 Å². The van der Waals surface area contributed by atoms with E-state index < -0.39 is 0 Å². The zero-order chi connectivity index (χ0) is 18.8. The molecule has 1 saturated heterocycles. The quantitative estimate of drug-likeness (QED) is 0.840. The molecule has 0 atom stereocenters. The van der Waals surface area contributed by atoms with Gasteiger partial charge in [0.2, 0.25) is 0 Å². The molecule has 0 aliphatic carbocycles. The Bertz CT molecular complexity index is 911. The Balaban J connectivity index is 1.68. The Morgan fingerprint density at radius 3 is 2.58 bits per heavy atom. The number of aryl methyl sites for hydroxylation is 2. The minimum atomic E-state index is -0.219. The number of rotatable bonds is 3. The van der Waals surface area contributed by atoms with Crippen molar-refractivity contribution in [2.75, 3.05) is 18.8 Å². The first kappa shape index (κ1) is 17.8. The van der Waals surface area contributed by atoms with Crippen molar-refractivity contribution in [2.24, 2.45) is 13.0 Å². The number of anilines is 1. The van der Waals surface area contributed by atoms with Crippen LogP contribution < -0.4 is 11.3 Å². The van der Waals surface area contributed by atoms with Crippen LogP contribution in [0.15, 0.2) is 35.4 Å². The van der Waals surface area contributed by atoms with E-state index in [9.17, 15) is 14.4 Å². The van der Waals surface area contributed by atoms with Gasteiger partial charge in [-0.3, -0.25) is 14.4 Å². The van der Waals surface area contributed by atoms with Crippen molar-refractivity contribution < 1.29 is 9.59 Å². The summed E-state index contributed by atoms with van der Waals surface area (Å²) in [6.07, 6.45) is 4.36. The number of aromatic nitrogens is 2. The van der Waals surface area contributed by atoms with Crippen LogP contribution in [0.1, 0.15) is 39.1 Å². The molecule has 1 amide bonds. The lowest BCUT2D eigenvalue weighted by Gasteiger charge is -2.31. The summed E-state index contributed by atoms with van der Waals surface area (Å²) in [5.41, 5.74) is 7.36. The fraction of sp³-hybridized carbons (Fsp3) is 0.368. The second-order valence-corrected chi connectivity index (χ2v) is 6.74. The summed E-state index contributed by atoms with van der Waals surface area (Å²) < 4.78 is 1.42. The van der Waals surface area contributed by atoms with Crippen LogP contribution in [0.2, 0.25) is 0 Å². The lowest BCUT2D eigenvalue weighted by atomic mass is 9.88. The molecule has 7 heteroatoms. The Morgan fingerprint density at radius 1 is 1.23 bits per heavy atom. The predicted octanol–water partition coefficient (Wildman–Crippen LogP) is 1.41. The molecule has 3 heterocycles. The van der Waals surface area contributed by atoms with Crippen LogP contribution in [0.4, 0.5) is 5.82 Å². The van der Waals surface area contributed by atoms with E-state index in [0.717, 1.165) is 5.56 Å². The first-order valence-corrected chi connectivity index (χ1v) is 8.59. The average molecular weight is 354 g/mol. The predicted molar refractivity (Wildman–Crippen MR) is 98.0 cm³/mol. The van der Waals surface area contributed by atoms with E-state index in [2.05, 4.69) is 4.98 Å². The molecule has 2 aromatic rings. The summed E-state index contributed by atoms with van der Waals surface area (Å²) in [5, 5.41) is 0. The first-order valence-electron chi connectivity index (χ1n) is 8.59. The van der Waals surface area contributed by atoms with Crippen molar-refractivity contribution in [1.29, 1.82) is 0 Å². The normalized spacial score (nSPS) is 15.1. The summed E-state index contributed by atoms with van der Waals surface area (Å²) in [4.78, 5) is 42.8. The number of amides is 1. The molecule has 0 spiro atoms. The third-order valence-electron chi connectivity index (χ3n) is 4.82. The molecule has 2 aromatic heterocycles. The van der Waals surface area contributed by atoms with E-state index in [1.165, 1.54) is 10.6 Å². The summed E-state index contributed by atoms with van der Waals surface area (Å²) in [7, 11) is 1.64. The molecule has 1 aliphatic heterocycles. The SMILES string of the molecule is Cc1cnc(N)c(C(=O)C2CCN(C(=O)c3ccn(C)c(=O)c3)CC2)c1. The molecule has 0 unspecified atom stereocenters. The third-order valence-corrected chi connectivity index (χ3v) is 4.82. The number of hydrogen-bond acceptors (Lipinski definition) is 5. The van der Waals surface area contributed by atoms with Gasteiger partial charge in [-0.25, -0.2) is 4.98 Å². The highest BCUT2D eigenvalue weighted by molar-refractivity contribution is 6.02. The largest absolute Gasteiger partial charge is 0.383 e. The number of nitrogens with two attached hydrogens (primary N) is 1. The van der Waals surface area contributed by atoms with Gasteiger partial charge in [0.1, 0.15) is 5.82 Å². The summed E-state index contributed by atoms with van der Waals surface area (Å²) in [6, 6.07) is 4.75. The van der Waals surface area contributed by atoms with Gasteiger partial charge >= 0.3 is 0 Å². The first-order chi connectivity index (χ1) is 12.4. The van der Waals surface area contributed by atoms with Crippen molar-refractivity contribution in [3.05, 3.63) is 57.6 Å². The molecule has 1 aliphatic rings. The molecule has 3 rings (SSSR count). The minimum Gasteiger partial charge on any atom is -0.383 e. The zero-order valence-electron chi connectivity index (χ0n) is 14.9. The number of pyridine rings is 2. The van der Waals surface area contributed by atoms with Gasteiger partial charge in [0.15, 0.2) is 5.78 Å². The van der Waals surface area contributed by atoms with Crippen molar-refractivity contribution in [2.45, 2.75) is 19.8 Å². The van der Waals surface area contributed by atoms with Gasteiger partial charge in [0.05, 0.1) is 5.56 Å². The number of nitrogen functional groups attached to an aromatic ring is 1. The monoisotopic (exact) mass is 354 g/mol. The summed E-state index contributed by atoms with van der Waals surface area (Å²) in [5.74, 6) is -0.113. The second kappa shape index (κ2) is 7.11. The average Bonchev–Trinajstić information content (AvgIpc) is 2.65. The maximum absolute atomic E-state index is 12.7. The highest BCUT2D eigenvalue weighted by Gasteiger charge is 2.29. The van der Waals surface area contributed by atoms with E-state index in [4.69, 9.17) is 5.73 Å². The smallest absolute Gasteiger partial charge is 0.254 e. The second-order valence-electron chi connectivity index (χ2n) is 6.74. The van der Waals surface area contributed by atoms with E-state index in [0.29, 0.717) is 37.1 Å². The number of hydrogen-bond donors (Lipinski definition) is 1. The van der Waals surface area contributed by atoms with Gasteiger partial charge in [-0.2, -0.15) is 0 Å². The van der Waals surface area contributed by atoms with Crippen LogP contribution in [0.5, 0.6) is 0 Å². The highest BCUT2D eigenvalue weighted by atomic mass is 16.2. The van der Waals surface area contributed by atoms with Crippen molar-refractivity contribution in [1.82, 2.24) is 14.5 Å². The van der Waals surface area contributed by atoms with Crippen LogP contribution in [-0.4, -0.2) is 39.2 Å². The Hall–Kier alpha value is -2.96. The fourth-order valence-corrected chi connectivity index (χ4v) is 3.21. The highest BCUT2D eigenvalue weighted by Crippen LogP contribution is 2.25. The van der Waals surface area contributed by atoms with Crippen LogP contribution in [0.3, 0.4) is 0 Å². The van der Waals surface area contributed by atoms with E-state index in [1.54, 1.807) is 36.5 Å². The van der Waals surface area contributed by atoms with Crippen molar-refractivity contribution >= 4 is 17.5 Å². The Kier molecular flexibility index (Phi) is 4.88. The van der Waals surface area contributed by atoms with Gasteiger partial charge in [-0.05, 0) is 37.5 Å². The molecule has 0 radical (unpaired) electrons. The molecule has 0 saturated carbocycles. The maximum Gasteiger partial charge on any atom is 0.254 e. The summed E-state index contributed by atoms with van der Waals surface area (Å²) >= 11 is 0. The van der Waals surface area contributed by atoms with Gasteiger partial charge in [0.25, 0.3) is 11.5 Å². The lowest BCUT2D eigenvalue weighted by Crippen LogP contribution is -2.40. The topological polar surface area (TPSA) is 98.3 Å². The number of carbonyl (C=O) groups excluding carboxylic acids is 2. The number of carbonyl (C=O) groups is 2. The molecule has 1 fully saturated rings. The van der Waals surface area contributed by atoms with Gasteiger partial charge in [-0.1, -0.05) is 0 Å². The third kappa shape index (κ3) is 3.51. The van der Waals surface area contributed by atoms with Crippen LogP contribution in [0.25, 0.3) is 0 Å². The standard InChI is InChI=1S/C19H22N4O3/c1-12-9-15(18(20)21-11-12)17(25)13-4-7-23(8-5-13)19(26)14-3-6-22(2)16(24)10-14/h3,6,9-11,13H,4-5,7-8H2,1-2H3,(H2,20,21). The molecular weight excluding hydrogens is 332 g/mol. The molecule has 0 bridgehead atoms. The lowest BCUT2D eigenvalue weighted by molar-refractivity contribution is 0.0650. The number of likely N-dealkylation sites (tertiary alicyclic amines) is 1. The number of nitrogens with zero attached hydrogens (tertiary/aromatic N) is 3.